The summed E-state index contributed by atoms with van der Waals surface area (Å²) in [4.78, 5) is 0. The second kappa shape index (κ2) is 5.03. The number of aromatic nitrogens is 2. The molecule has 3 nitrogen and oxygen atoms in total. The molecule has 0 saturated carbocycles. The summed E-state index contributed by atoms with van der Waals surface area (Å²) >= 11 is 0. The van der Waals surface area contributed by atoms with Gasteiger partial charge in [0.05, 0.1) is 17.6 Å². The quantitative estimate of drug-likeness (QED) is 0.746. The Hall–Kier alpha value is -2.53. The van der Waals surface area contributed by atoms with Crippen LogP contribution in [0.5, 0.6) is 0 Å². The summed E-state index contributed by atoms with van der Waals surface area (Å²) in [7, 11) is 0. The van der Waals surface area contributed by atoms with Crippen molar-refractivity contribution in [2.24, 2.45) is 0 Å². The number of nitrogens with zero attached hydrogens (tertiary/aromatic N) is 2. The summed E-state index contributed by atoms with van der Waals surface area (Å²) in [5, 5.41) is 7.65. The highest BCUT2D eigenvalue weighted by molar-refractivity contribution is 5.66. The Kier molecular flexibility index (Phi) is 3.01. The van der Waals surface area contributed by atoms with Crippen LogP contribution in [0, 0.1) is 11.6 Å². The van der Waals surface area contributed by atoms with Gasteiger partial charge in [-0.05, 0) is 17.2 Å². The van der Waals surface area contributed by atoms with E-state index in [1.165, 1.54) is 12.1 Å². The molecule has 0 saturated heterocycles. The summed E-state index contributed by atoms with van der Waals surface area (Å²) in [6.07, 6.45) is 1.77. The van der Waals surface area contributed by atoms with Crippen LogP contribution in [-0.4, -0.2) is 9.78 Å². The van der Waals surface area contributed by atoms with E-state index in [0.717, 1.165) is 16.8 Å². The van der Waals surface area contributed by atoms with Crippen molar-refractivity contribution in [1.82, 2.24) is 15.1 Å². The maximum Gasteiger partial charge on any atom is 0.160 e. The van der Waals surface area contributed by atoms with Crippen molar-refractivity contribution >= 4 is 0 Å². The Morgan fingerprint density at radius 1 is 1.00 bits per heavy atom. The third kappa shape index (κ3) is 2.02. The minimum absolute atomic E-state index is 0.476. The molecule has 3 aromatic rings. The fourth-order valence-corrected chi connectivity index (χ4v) is 2.84. The summed E-state index contributed by atoms with van der Waals surface area (Å²) in [5.74, 6) is -1.69. The third-order valence-corrected chi connectivity index (χ3v) is 3.91. The van der Waals surface area contributed by atoms with E-state index in [9.17, 15) is 8.78 Å². The number of halogens is 2. The highest BCUT2D eigenvalue weighted by atomic mass is 19.2. The summed E-state index contributed by atoms with van der Waals surface area (Å²) in [6.45, 7) is 1.06. The molecule has 0 spiro atoms. The second-order valence-corrected chi connectivity index (χ2v) is 5.28. The van der Waals surface area contributed by atoms with Crippen molar-refractivity contribution < 1.29 is 8.78 Å². The smallest absolute Gasteiger partial charge is 0.160 e. The van der Waals surface area contributed by atoms with E-state index in [1.54, 1.807) is 10.9 Å². The SMILES string of the molecule is Fc1cc2c(cc1F)-n1ncc(-c3ccccc3)c1CNC2. The van der Waals surface area contributed by atoms with Gasteiger partial charge < -0.3 is 5.32 Å². The van der Waals surface area contributed by atoms with E-state index in [-0.39, 0.29) is 0 Å². The Morgan fingerprint density at radius 3 is 2.59 bits per heavy atom. The normalized spacial score (nSPS) is 13.4. The first-order valence-corrected chi connectivity index (χ1v) is 7.05. The molecular formula is C17H13F2N3. The first-order chi connectivity index (χ1) is 10.7. The lowest BCUT2D eigenvalue weighted by Crippen LogP contribution is -2.11. The number of rotatable bonds is 1. The molecular weight excluding hydrogens is 284 g/mol. The van der Waals surface area contributed by atoms with Crippen molar-refractivity contribution in [3.05, 3.63) is 71.6 Å². The fourth-order valence-electron chi connectivity index (χ4n) is 2.84. The largest absolute Gasteiger partial charge is 0.307 e. The zero-order valence-corrected chi connectivity index (χ0v) is 11.7. The minimum atomic E-state index is -0.858. The average Bonchev–Trinajstić information content (AvgIpc) is 2.87. The number of fused-ring (bicyclic) bond motifs is 3. The van der Waals surface area contributed by atoms with Crippen LogP contribution in [0.2, 0.25) is 0 Å². The number of benzene rings is 2. The van der Waals surface area contributed by atoms with Gasteiger partial charge in [-0.15, -0.1) is 0 Å². The average molecular weight is 297 g/mol. The molecule has 1 aliphatic rings. The molecule has 0 fully saturated rings. The van der Waals surface area contributed by atoms with Gasteiger partial charge in [-0.1, -0.05) is 30.3 Å². The molecule has 0 radical (unpaired) electrons. The topological polar surface area (TPSA) is 29.9 Å². The lowest BCUT2D eigenvalue weighted by Gasteiger charge is -2.09. The Balaban J connectivity index is 1.92. The highest BCUT2D eigenvalue weighted by Gasteiger charge is 2.20. The lowest BCUT2D eigenvalue weighted by molar-refractivity contribution is 0.505. The van der Waals surface area contributed by atoms with Gasteiger partial charge in [0.1, 0.15) is 0 Å². The van der Waals surface area contributed by atoms with Crippen LogP contribution in [0.25, 0.3) is 16.8 Å². The number of hydrogen-bond donors (Lipinski definition) is 1. The van der Waals surface area contributed by atoms with E-state index in [4.69, 9.17) is 0 Å². The van der Waals surface area contributed by atoms with Gasteiger partial charge in [-0.25, -0.2) is 13.5 Å². The lowest BCUT2D eigenvalue weighted by atomic mass is 10.1. The van der Waals surface area contributed by atoms with Gasteiger partial charge in [0, 0.05) is 24.7 Å². The molecule has 110 valence electrons. The van der Waals surface area contributed by atoms with Crippen LogP contribution in [0.15, 0.2) is 48.7 Å². The van der Waals surface area contributed by atoms with Crippen LogP contribution in [0.1, 0.15) is 11.3 Å². The van der Waals surface area contributed by atoms with Crippen LogP contribution < -0.4 is 5.32 Å². The predicted molar refractivity (Wildman–Crippen MR) is 79.5 cm³/mol. The maximum absolute atomic E-state index is 13.6. The van der Waals surface area contributed by atoms with Crippen molar-refractivity contribution in [3.63, 3.8) is 0 Å². The van der Waals surface area contributed by atoms with Crippen LogP contribution in [-0.2, 0) is 13.1 Å². The molecule has 0 aliphatic carbocycles. The first-order valence-electron chi connectivity index (χ1n) is 7.05. The van der Waals surface area contributed by atoms with Crippen LogP contribution >= 0.6 is 0 Å². The summed E-state index contributed by atoms with van der Waals surface area (Å²) in [5.41, 5.74) is 4.26. The van der Waals surface area contributed by atoms with E-state index in [0.29, 0.717) is 24.3 Å². The van der Waals surface area contributed by atoms with Gasteiger partial charge in [0.15, 0.2) is 11.6 Å². The molecule has 1 aromatic heterocycles. The Morgan fingerprint density at radius 2 is 1.77 bits per heavy atom. The molecule has 0 atom stereocenters. The summed E-state index contributed by atoms with van der Waals surface area (Å²) < 4.78 is 28.8. The van der Waals surface area contributed by atoms with Crippen molar-refractivity contribution in [2.75, 3.05) is 0 Å². The molecule has 4 rings (SSSR count). The number of hydrogen-bond acceptors (Lipinski definition) is 2. The predicted octanol–water partition coefficient (Wildman–Crippen LogP) is 3.42. The molecule has 1 N–H and O–H groups in total. The van der Waals surface area contributed by atoms with E-state index in [1.807, 2.05) is 30.3 Å². The Labute approximate surface area is 126 Å². The zero-order chi connectivity index (χ0) is 15.1. The number of nitrogens with one attached hydrogen (secondary N) is 1. The second-order valence-electron chi connectivity index (χ2n) is 5.28. The minimum Gasteiger partial charge on any atom is -0.307 e. The van der Waals surface area contributed by atoms with Gasteiger partial charge in [0.25, 0.3) is 0 Å². The molecule has 5 heteroatoms. The summed E-state index contributed by atoms with van der Waals surface area (Å²) in [6, 6.07) is 12.3. The van der Waals surface area contributed by atoms with E-state index < -0.39 is 11.6 Å². The third-order valence-electron chi connectivity index (χ3n) is 3.91. The molecule has 0 amide bonds. The van der Waals surface area contributed by atoms with Crippen LogP contribution in [0.3, 0.4) is 0 Å². The van der Waals surface area contributed by atoms with Gasteiger partial charge in [-0.3, -0.25) is 0 Å². The van der Waals surface area contributed by atoms with Gasteiger partial charge in [0.2, 0.25) is 0 Å². The van der Waals surface area contributed by atoms with Crippen molar-refractivity contribution in [1.29, 1.82) is 0 Å². The van der Waals surface area contributed by atoms with E-state index >= 15 is 0 Å². The fraction of sp³-hybridized carbons (Fsp3) is 0.118. The molecule has 2 aromatic carbocycles. The first kappa shape index (κ1) is 13.2. The molecule has 2 heterocycles. The highest BCUT2D eigenvalue weighted by Crippen LogP contribution is 2.29. The van der Waals surface area contributed by atoms with Gasteiger partial charge >= 0.3 is 0 Å². The molecule has 0 unspecified atom stereocenters. The van der Waals surface area contributed by atoms with Gasteiger partial charge in [-0.2, -0.15) is 5.10 Å². The standard InChI is InChI=1S/C17H13F2N3/c18-14-6-12-8-20-10-17-13(11-4-2-1-3-5-11)9-21-22(17)16(12)7-15(14)19/h1-7,9,20H,8,10H2. The molecule has 0 bridgehead atoms. The molecule has 1 aliphatic heterocycles. The Bertz CT molecular complexity index is 841. The zero-order valence-electron chi connectivity index (χ0n) is 11.7. The van der Waals surface area contributed by atoms with E-state index in [2.05, 4.69) is 10.4 Å². The molecule has 22 heavy (non-hydrogen) atoms. The monoisotopic (exact) mass is 297 g/mol. The maximum atomic E-state index is 13.6. The van der Waals surface area contributed by atoms with Crippen LogP contribution in [0.4, 0.5) is 8.78 Å². The van der Waals surface area contributed by atoms with Crippen molar-refractivity contribution in [3.8, 4) is 16.8 Å². The van der Waals surface area contributed by atoms with Crippen molar-refractivity contribution in [2.45, 2.75) is 13.1 Å².